The highest BCUT2D eigenvalue weighted by Crippen LogP contribution is 2.35. The molecule has 0 aliphatic carbocycles. The monoisotopic (exact) mass is 456 g/mol. The zero-order chi connectivity index (χ0) is 22.9. The number of anilines is 1. The van der Waals surface area contributed by atoms with Gasteiger partial charge in [0.25, 0.3) is 5.78 Å². The van der Waals surface area contributed by atoms with Gasteiger partial charge in [-0.3, -0.25) is 4.79 Å². The van der Waals surface area contributed by atoms with Crippen LogP contribution in [0.5, 0.6) is 11.5 Å². The van der Waals surface area contributed by atoms with Crippen LogP contribution in [0, 0.1) is 0 Å². The summed E-state index contributed by atoms with van der Waals surface area (Å²) in [6, 6.07) is 17.9. The standard InChI is InChI=1S/C25H24N6O3/c32-23(9-6-18-4-2-1-3-5-18)29-12-14-30(15-13-29)25-27-24-26-11-10-20(31(24)28-25)19-7-8-21-22(16-19)34-17-33-21/h1-5,7-8,10-11,16H,6,9,12-15,17H2. The average Bonchev–Trinajstić information content (AvgIpc) is 3.54. The Hall–Kier alpha value is -4.14. The number of aromatic nitrogens is 4. The van der Waals surface area contributed by atoms with Gasteiger partial charge in [-0.2, -0.15) is 9.50 Å². The fourth-order valence-electron chi connectivity index (χ4n) is 4.40. The highest BCUT2D eigenvalue weighted by atomic mass is 16.7. The molecule has 0 N–H and O–H groups in total. The molecule has 4 aromatic rings. The van der Waals surface area contributed by atoms with Crippen LogP contribution in [0.25, 0.3) is 17.0 Å². The lowest BCUT2D eigenvalue weighted by Gasteiger charge is -2.34. The molecular weight excluding hydrogens is 432 g/mol. The quantitative estimate of drug-likeness (QED) is 0.457. The summed E-state index contributed by atoms with van der Waals surface area (Å²) in [4.78, 5) is 25.8. The number of carbonyl (C=O) groups is 1. The third kappa shape index (κ3) is 3.89. The predicted octanol–water partition coefficient (Wildman–Crippen LogP) is 2.80. The van der Waals surface area contributed by atoms with Crippen LogP contribution in [0.4, 0.5) is 5.95 Å². The topological polar surface area (TPSA) is 85.1 Å². The Balaban J connectivity index is 1.14. The van der Waals surface area contributed by atoms with Crippen LogP contribution in [0.2, 0.25) is 0 Å². The molecule has 2 aromatic carbocycles. The van der Waals surface area contributed by atoms with Gasteiger partial charge < -0.3 is 19.3 Å². The number of piperazine rings is 1. The van der Waals surface area contributed by atoms with E-state index in [4.69, 9.17) is 14.6 Å². The summed E-state index contributed by atoms with van der Waals surface area (Å²) in [7, 11) is 0. The molecule has 9 nitrogen and oxygen atoms in total. The first-order valence-electron chi connectivity index (χ1n) is 11.4. The van der Waals surface area contributed by atoms with Gasteiger partial charge in [-0.1, -0.05) is 30.3 Å². The van der Waals surface area contributed by atoms with E-state index in [1.807, 2.05) is 47.4 Å². The molecule has 4 heterocycles. The summed E-state index contributed by atoms with van der Waals surface area (Å²) in [5, 5.41) is 4.75. The molecule has 34 heavy (non-hydrogen) atoms. The van der Waals surface area contributed by atoms with Crippen molar-refractivity contribution in [1.29, 1.82) is 0 Å². The molecule has 1 amide bonds. The first-order chi connectivity index (χ1) is 16.7. The second-order valence-electron chi connectivity index (χ2n) is 8.38. The van der Waals surface area contributed by atoms with Gasteiger partial charge in [0.05, 0.1) is 5.69 Å². The van der Waals surface area contributed by atoms with Crippen molar-refractivity contribution in [2.75, 3.05) is 37.9 Å². The highest BCUT2D eigenvalue weighted by Gasteiger charge is 2.24. The number of benzene rings is 2. The van der Waals surface area contributed by atoms with Crippen LogP contribution in [0.3, 0.4) is 0 Å². The maximum atomic E-state index is 12.7. The van der Waals surface area contributed by atoms with E-state index in [9.17, 15) is 4.79 Å². The molecule has 0 saturated carbocycles. The Labute approximate surface area is 196 Å². The minimum absolute atomic E-state index is 0.193. The lowest BCUT2D eigenvalue weighted by Crippen LogP contribution is -2.49. The first kappa shape index (κ1) is 20.5. The minimum atomic E-state index is 0.193. The van der Waals surface area contributed by atoms with Gasteiger partial charge in [0.15, 0.2) is 11.5 Å². The second-order valence-corrected chi connectivity index (χ2v) is 8.38. The van der Waals surface area contributed by atoms with E-state index in [1.165, 1.54) is 5.56 Å². The van der Waals surface area contributed by atoms with Crippen molar-refractivity contribution in [1.82, 2.24) is 24.5 Å². The van der Waals surface area contributed by atoms with Crippen molar-refractivity contribution in [3.8, 4) is 22.8 Å². The molecule has 0 spiro atoms. The van der Waals surface area contributed by atoms with E-state index >= 15 is 0 Å². The number of rotatable bonds is 5. The largest absolute Gasteiger partial charge is 0.454 e. The number of aryl methyl sites for hydroxylation is 1. The number of fused-ring (bicyclic) bond motifs is 2. The van der Waals surface area contributed by atoms with Crippen LogP contribution < -0.4 is 14.4 Å². The van der Waals surface area contributed by atoms with Crippen molar-refractivity contribution in [3.63, 3.8) is 0 Å². The van der Waals surface area contributed by atoms with Crippen LogP contribution in [-0.2, 0) is 11.2 Å². The van der Waals surface area contributed by atoms with Crippen molar-refractivity contribution in [3.05, 3.63) is 66.4 Å². The molecule has 1 fully saturated rings. The number of hydrogen-bond acceptors (Lipinski definition) is 7. The van der Waals surface area contributed by atoms with Gasteiger partial charge in [-0.25, -0.2) is 4.98 Å². The van der Waals surface area contributed by atoms with Crippen molar-refractivity contribution >= 4 is 17.6 Å². The Morgan fingerprint density at radius 2 is 1.76 bits per heavy atom. The summed E-state index contributed by atoms with van der Waals surface area (Å²) >= 11 is 0. The third-order valence-corrected chi connectivity index (χ3v) is 6.28. The van der Waals surface area contributed by atoms with Crippen LogP contribution in [-0.4, -0.2) is 63.4 Å². The molecule has 2 aliphatic rings. The molecular formula is C25H24N6O3. The predicted molar refractivity (Wildman–Crippen MR) is 126 cm³/mol. The van der Waals surface area contributed by atoms with E-state index in [0.717, 1.165) is 29.2 Å². The second kappa shape index (κ2) is 8.66. The summed E-state index contributed by atoms with van der Waals surface area (Å²) < 4.78 is 12.7. The number of nitrogens with zero attached hydrogens (tertiary/aromatic N) is 6. The highest BCUT2D eigenvalue weighted by molar-refractivity contribution is 5.76. The molecule has 1 saturated heterocycles. The average molecular weight is 457 g/mol. The summed E-state index contributed by atoms with van der Waals surface area (Å²) in [5.41, 5.74) is 3.01. The van der Waals surface area contributed by atoms with E-state index in [-0.39, 0.29) is 12.7 Å². The van der Waals surface area contributed by atoms with Crippen molar-refractivity contribution in [2.45, 2.75) is 12.8 Å². The van der Waals surface area contributed by atoms with Crippen LogP contribution in [0.15, 0.2) is 60.8 Å². The number of amides is 1. The molecule has 2 aromatic heterocycles. The van der Waals surface area contributed by atoms with Gasteiger partial charge in [-0.05, 0) is 36.2 Å². The van der Waals surface area contributed by atoms with Crippen LogP contribution >= 0.6 is 0 Å². The fraction of sp³-hybridized carbons (Fsp3) is 0.280. The van der Waals surface area contributed by atoms with Crippen LogP contribution in [0.1, 0.15) is 12.0 Å². The zero-order valence-electron chi connectivity index (χ0n) is 18.6. The summed E-state index contributed by atoms with van der Waals surface area (Å²) in [6.45, 7) is 2.93. The van der Waals surface area contributed by atoms with Gasteiger partial charge >= 0.3 is 0 Å². The minimum Gasteiger partial charge on any atom is -0.454 e. The van der Waals surface area contributed by atoms with Crippen molar-refractivity contribution < 1.29 is 14.3 Å². The Bertz CT molecular complexity index is 1330. The van der Waals surface area contributed by atoms with E-state index in [0.29, 0.717) is 44.3 Å². The number of hydrogen-bond donors (Lipinski definition) is 0. The fourth-order valence-corrected chi connectivity index (χ4v) is 4.40. The molecule has 0 atom stereocenters. The lowest BCUT2D eigenvalue weighted by molar-refractivity contribution is -0.131. The summed E-state index contributed by atoms with van der Waals surface area (Å²) in [5.74, 6) is 2.81. The zero-order valence-corrected chi connectivity index (χ0v) is 18.6. The van der Waals surface area contributed by atoms with Gasteiger partial charge in [0.2, 0.25) is 18.6 Å². The molecule has 9 heteroatoms. The van der Waals surface area contributed by atoms with Gasteiger partial charge in [0.1, 0.15) is 0 Å². The maximum absolute atomic E-state index is 12.7. The normalized spacial score (nSPS) is 15.2. The van der Waals surface area contributed by atoms with Crippen molar-refractivity contribution in [2.24, 2.45) is 0 Å². The Morgan fingerprint density at radius 1 is 0.941 bits per heavy atom. The molecule has 172 valence electrons. The number of carbonyl (C=O) groups excluding carboxylic acids is 1. The van der Waals surface area contributed by atoms with Gasteiger partial charge in [0, 0.05) is 44.4 Å². The lowest BCUT2D eigenvalue weighted by atomic mass is 10.1. The van der Waals surface area contributed by atoms with E-state index in [1.54, 1.807) is 10.7 Å². The maximum Gasteiger partial charge on any atom is 0.254 e. The molecule has 0 unspecified atom stereocenters. The van der Waals surface area contributed by atoms with Gasteiger partial charge in [-0.15, -0.1) is 5.10 Å². The van der Waals surface area contributed by atoms with E-state index in [2.05, 4.69) is 27.0 Å². The molecule has 0 radical (unpaired) electrons. The molecule has 0 bridgehead atoms. The third-order valence-electron chi connectivity index (χ3n) is 6.28. The molecule has 2 aliphatic heterocycles. The number of ether oxygens (including phenoxy) is 2. The SMILES string of the molecule is O=C(CCc1ccccc1)N1CCN(c2nc3nccc(-c4ccc5c(c4)OCO5)n3n2)CC1. The first-order valence-corrected chi connectivity index (χ1v) is 11.4. The Kier molecular flexibility index (Phi) is 5.21. The molecule has 6 rings (SSSR count). The summed E-state index contributed by atoms with van der Waals surface area (Å²) in [6.07, 6.45) is 3.03. The smallest absolute Gasteiger partial charge is 0.254 e. The Morgan fingerprint density at radius 3 is 2.62 bits per heavy atom. The van der Waals surface area contributed by atoms with E-state index < -0.39 is 0 Å².